The highest BCUT2D eigenvalue weighted by Gasteiger charge is 2.27. The minimum Gasteiger partial charge on any atom is -0.396 e. The van der Waals surface area contributed by atoms with Crippen molar-refractivity contribution in [2.24, 2.45) is 5.92 Å². The molecule has 2 aliphatic heterocycles. The molecule has 2 saturated heterocycles. The van der Waals surface area contributed by atoms with Gasteiger partial charge in [0.25, 0.3) is 0 Å². The maximum absolute atomic E-state index is 10.2. The first-order valence-corrected chi connectivity index (χ1v) is 9.97. The van der Waals surface area contributed by atoms with Crippen LogP contribution in [0.15, 0.2) is 12.1 Å². The molecule has 0 aliphatic carbocycles. The van der Waals surface area contributed by atoms with E-state index >= 15 is 0 Å². The maximum Gasteiger partial charge on any atom is 0.0717 e. The zero-order valence-corrected chi connectivity index (χ0v) is 16.6. The van der Waals surface area contributed by atoms with Gasteiger partial charge in [-0.1, -0.05) is 12.1 Å². The van der Waals surface area contributed by atoms with E-state index in [1.54, 1.807) is 0 Å². The third-order valence-corrected chi connectivity index (χ3v) is 6.22. The summed E-state index contributed by atoms with van der Waals surface area (Å²) in [5, 5.41) is 19.5. The Hall–Kier alpha value is -0.980. The Labute approximate surface area is 158 Å². The molecule has 146 valence electrons. The molecule has 1 aromatic rings. The van der Waals surface area contributed by atoms with E-state index in [-0.39, 0.29) is 12.5 Å². The highest BCUT2D eigenvalue weighted by Crippen LogP contribution is 2.23. The molecule has 0 spiro atoms. The van der Waals surface area contributed by atoms with Crippen LogP contribution in [0.2, 0.25) is 0 Å². The Balaban J connectivity index is 1.66. The van der Waals surface area contributed by atoms with E-state index < -0.39 is 6.10 Å². The quantitative estimate of drug-likeness (QED) is 0.826. The molecule has 2 fully saturated rings. The number of aryl methyl sites for hydroxylation is 2. The van der Waals surface area contributed by atoms with Crippen LogP contribution in [0.4, 0.5) is 0 Å². The van der Waals surface area contributed by atoms with E-state index in [0.717, 1.165) is 52.2 Å². The number of hydrogen-bond acceptors (Lipinski definition) is 5. The van der Waals surface area contributed by atoms with E-state index in [1.165, 1.54) is 22.3 Å². The first-order valence-electron chi connectivity index (χ1n) is 9.97. The fourth-order valence-corrected chi connectivity index (χ4v) is 4.18. The predicted octanol–water partition coefficient (Wildman–Crippen LogP) is 1.23. The third kappa shape index (κ3) is 4.84. The van der Waals surface area contributed by atoms with Crippen LogP contribution in [0.1, 0.15) is 28.7 Å². The summed E-state index contributed by atoms with van der Waals surface area (Å²) < 4.78 is 0. The van der Waals surface area contributed by atoms with Crippen LogP contribution in [0, 0.1) is 19.8 Å². The second-order valence-electron chi connectivity index (χ2n) is 8.32. The number of likely N-dealkylation sites (tertiary alicyclic amines) is 1. The fraction of sp³-hybridized carbons (Fsp3) is 0.714. The van der Waals surface area contributed by atoms with Gasteiger partial charge in [0.15, 0.2) is 0 Å². The molecule has 0 saturated carbocycles. The number of piperazine rings is 1. The summed E-state index contributed by atoms with van der Waals surface area (Å²) in [6.07, 6.45) is 0.459. The molecule has 5 nitrogen and oxygen atoms in total. The van der Waals surface area contributed by atoms with Crippen molar-refractivity contribution in [3.63, 3.8) is 0 Å². The third-order valence-electron chi connectivity index (χ3n) is 6.22. The van der Waals surface area contributed by atoms with Crippen molar-refractivity contribution in [1.29, 1.82) is 0 Å². The van der Waals surface area contributed by atoms with Gasteiger partial charge >= 0.3 is 0 Å². The molecular formula is C21H35N3O2. The summed E-state index contributed by atoms with van der Waals surface area (Å²) >= 11 is 0. The van der Waals surface area contributed by atoms with Crippen molar-refractivity contribution in [2.75, 3.05) is 52.9 Å². The van der Waals surface area contributed by atoms with Crippen LogP contribution in [0.25, 0.3) is 0 Å². The lowest BCUT2D eigenvalue weighted by atomic mass is 9.93. The molecule has 1 aromatic carbocycles. The Bertz CT molecular complexity index is 599. The lowest BCUT2D eigenvalue weighted by Crippen LogP contribution is -2.44. The molecule has 0 unspecified atom stereocenters. The van der Waals surface area contributed by atoms with E-state index in [9.17, 15) is 10.2 Å². The van der Waals surface area contributed by atoms with Gasteiger partial charge in [0.2, 0.25) is 0 Å². The minimum atomic E-state index is -0.413. The second-order valence-corrected chi connectivity index (χ2v) is 8.32. The molecular weight excluding hydrogens is 326 g/mol. The number of rotatable bonds is 5. The van der Waals surface area contributed by atoms with Gasteiger partial charge in [-0.25, -0.2) is 0 Å². The molecule has 0 amide bonds. The van der Waals surface area contributed by atoms with Crippen LogP contribution in [0.3, 0.4) is 0 Å². The van der Waals surface area contributed by atoms with Crippen molar-refractivity contribution in [3.05, 3.63) is 34.4 Å². The van der Waals surface area contributed by atoms with Gasteiger partial charge in [0, 0.05) is 58.3 Å². The summed E-state index contributed by atoms with van der Waals surface area (Å²) in [4.78, 5) is 7.28. The summed E-state index contributed by atoms with van der Waals surface area (Å²) in [6.45, 7) is 12.6. The molecule has 2 aliphatic rings. The van der Waals surface area contributed by atoms with Gasteiger partial charge in [-0.3, -0.25) is 9.80 Å². The molecule has 2 heterocycles. The van der Waals surface area contributed by atoms with Crippen molar-refractivity contribution in [1.82, 2.24) is 14.7 Å². The van der Waals surface area contributed by atoms with Crippen LogP contribution in [-0.4, -0.2) is 83.9 Å². The number of aliphatic hydroxyl groups is 2. The highest BCUT2D eigenvalue weighted by molar-refractivity contribution is 5.37. The van der Waals surface area contributed by atoms with Crippen LogP contribution >= 0.6 is 0 Å². The SMILES string of the molecule is Cc1cc(C)c(CN2CC[C@H](CO)[C@H](O)C2)cc1CN1CCN(C)CC1. The van der Waals surface area contributed by atoms with Crippen molar-refractivity contribution >= 4 is 0 Å². The topological polar surface area (TPSA) is 50.2 Å². The predicted molar refractivity (Wildman–Crippen MR) is 105 cm³/mol. The van der Waals surface area contributed by atoms with Crippen LogP contribution in [-0.2, 0) is 13.1 Å². The second kappa shape index (κ2) is 8.81. The molecule has 26 heavy (non-hydrogen) atoms. The summed E-state index contributed by atoms with van der Waals surface area (Å²) in [5.41, 5.74) is 5.52. The molecule has 0 bridgehead atoms. The molecule has 0 aromatic heterocycles. The van der Waals surface area contributed by atoms with Gasteiger partial charge in [-0.05, 0) is 56.1 Å². The first-order chi connectivity index (χ1) is 12.5. The van der Waals surface area contributed by atoms with Gasteiger partial charge in [0.1, 0.15) is 0 Å². The highest BCUT2D eigenvalue weighted by atomic mass is 16.3. The molecule has 5 heteroatoms. The maximum atomic E-state index is 10.2. The van der Waals surface area contributed by atoms with Crippen molar-refractivity contribution in [2.45, 2.75) is 39.5 Å². The van der Waals surface area contributed by atoms with E-state index in [4.69, 9.17) is 0 Å². The van der Waals surface area contributed by atoms with Gasteiger partial charge in [-0.2, -0.15) is 0 Å². The molecule has 2 N–H and O–H groups in total. The summed E-state index contributed by atoms with van der Waals surface area (Å²) in [6, 6.07) is 4.70. The zero-order valence-electron chi connectivity index (χ0n) is 16.6. The number of likely N-dealkylation sites (N-methyl/N-ethyl adjacent to an activating group) is 1. The smallest absolute Gasteiger partial charge is 0.0717 e. The Morgan fingerprint density at radius 3 is 2.12 bits per heavy atom. The number of aliphatic hydroxyl groups excluding tert-OH is 2. The Kier molecular flexibility index (Phi) is 6.70. The van der Waals surface area contributed by atoms with E-state index in [1.807, 2.05) is 0 Å². The normalized spacial score (nSPS) is 26.3. The number of β-amino-alcohol motifs (C(OH)–C–C–N with tert-alkyl or cyclic N) is 1. The fourth-order valence-electron chi connectivity index (χ4n) is 4.18. The Morgan fingerprint density at radius 1 is 0.923 bits per heavy atom. The van der Waals surface area contributed by atoms with Crippen molar-refractivity contribution < 1.29 is 10.2 Å². The summed E-state index contributed by atoms with van der Waals surface area (Å²) in [5.74, 6) is 0.0400. The average molecular weight is 362 g/mol. The van der Waals surface area contributed by atoms with Crippen LogP contribution in [0.5, 0.6) is 0 Å². The zero-order chi connectivity index (χ0) is 18.7. The number of hydrogen-bond donors (Lipinski definition) is 2. The molecule has 2 atom stereocenters. The minimum absolute atomic E-state index is 0.0400. The average Bonchev–Trinajstić information content (AvgIpc) is 2.61. The number of benzene rings is 1. The summed E-state index contributed by atoms with van der Waals surface area (Å²) in [7, 11) is 2.20. The van der Waals surface area contributed by atoms with Gasteiger partial charge in [-0.15, -0.1) is 0 Å². The molecule has 3 rings (SSSR count). The van der Waals surface area contributed by atoms with Gasteiger partial charge < -0.3 is 15.1 Å². The lowest BCUT2D eigenvalue weighted by Gasteiger charge is -2.35. The van der Waals surface area contributed by atoms with Crippen molar-refractivity contribution in [3.8, 4) is 0 Å². The van der Waals surface area contributed by atoms with Crippen LogP contribution < -0.4 is 0 Å². The van der Waals surface area contributed by atoms with E-state index in [0.29, 0.717) is 6.54 Å². The standard InChI is InChI=1S/C21H35N3O2/c1-16-10-17(2)20(13-24-5-4-18(15-25)21(26)14-24)11-19(16)12-23-8-6-22(3)7-9-23/h10-11,18,21,25-26H,4-9,12-15H2,1-3H3/t18-,21-/m1/s1. The lowest BCUT2D eigenvalue weighted by molar-refractivity contribution is -0.00450. The largest absolute Gasteiger partial charge is 0.396 e. The monoisotopic (exact) mass is 361 g/mol. The van der Waals surface area contributed by atoms with Gasteiger partial charge in [0.05, 0.1) is 6.10 Å². The van der Waals surface area contributed by atoms with E-state index in [2.05, 4.69) is 47.7 Å². The first kappa shape index (κ1) is 19.8. The Morgan fingerprint density at radius 2 is 1.54 bits per heavy atom. The number of piperidine rings is 1. The number of nitrogens with zero attached hydrogens (tertiary/aromatic N) is 3. The molecule has 0 radical (unpaired) electrons.